The van der Waals surface area contributed by atoms with Crippen molar-refractivity contribution < 1.29 is 13.2 Å². The van der Waals surface area contributed by atoms with Crippen molar-refractivity contribution in [3.63, 3.8) is 0 Å². The molecule has 0 aliphatic carbocycles. The predicted octanol–water partition coefficient (Wildman–Crippen LogP) is 1.50. The van der Waals surface area contributed by atoms with E-state index in [1.54, 1.807) is 0 Å². The summed E-state index contributed by atoms with van der Waals surface area (Å²) in [6, 6.07) is 0.571. The van der Waals surface area contributed by atoms with E-state index in [-0.39, 0.29) is 11.6 Å². The SMILES string of the molecule is CCC1(CC)CC(NC2CCS(=O)(=O)C2)CCO1. The summed E-state index contributed by atoms with van der Waals surface area (Å²) in [7, 11) is -2.78. The predicted molar refractivity (Wildman–Crippen MR) is 72.5 cm³/mol. The third-order valence-corrected chi connectivity index (χ3v) is 6.25. The maximum Gasteiger partial charge on any atom is 0.151 e. The highest BCUT2D eigenvalue weighted by atomic mass is 32.2. The van der Waals surface area contributed by atoms with Crippen LogP contribution in [0.1, 0.15) is 46.0 Å². The van der Waals surface area contributed by atoms with E-state index in [2.05, 4.69) is 19.2 Å². The smallest absolute Gasteiger partial charge is 0.151 e. The first-order valence-corrected chi connectivity index (χ1v) is 8.91. The minimum absolute atomic E-state index is 0.00734. The average Bonchev–Trinajstić information content (AvgIpc) is 2.69. The van der Waals surface area contributed by atoms with Crippen LogP contribution in [0.15, 0.2) is 0 Å². The molecule has 0 bridgehead atoms. The van der Waals surface area contributed by atoms with Gasteiger partial charge in [0.1, 0.15) is 0 Å². The van der Waals surface area contributed by atoms with Crippen LogP contribution in [0.3, 0.4) is 0 Å². The summed E-state index contributed by atoms with van der Waals surface area (Å²) in [4.78, 5) is 0. The molecule has 2 rings (SSSR count). The molecule has 106 valence electrons. The van der Waals surface area contributed by atoms with Crippen LogP contribution < -0.4 is 5.32 Å². The Labute approximate surface area is 110 Å². The molecule has 2 aliphatic heterocycles. The lowest BCUT2D eigenvalue weighted by Crippen LogP contribution is -2.49. The van der Waals surface area contributed by atoms with E-state index < -0.39 is 9.84 Å². The third kappa shape index (κ3) is 3.25. The van der Waals surface area contributed by atoms with Gasteiger partial charge in [-0.1, -0.05) is 13.8 Å². The second-order valence-corrected chi connectivity index (χ2v) is 7.92. The molecule has 0 spiro atoms. The molecule has 2 unspecified atom stereocenters. The maximum absolute atomic E-state index is 11.5. The fourth-order valence-corrected chi connectivity index (χ4v) is 4.86. The molecule has 2 aliphatic rings. The Hall–Kier alpha value is -0.130. The van der Waals surface area contributed by atoms with Gasteiger partial charge in [-0.05, 0) is 32.1 Å². The summed E-state index contributed by atoms with van der Waals surface area (Å²) in [6.07, 6.45) is 4.84. The minimum atomic E-state index is -2.78. The van der Waals surface area contributed by atoms with Crippen LogP contribution in [0.5, 0.6) is 0 Å². The van der Waals surface area contributed by atoms with Crippen molar-refractivity contribution in [2.45, 2.75) is 63.6 Å². The van der Waals surface area contributed by atoms with Crippen LogP contribution in [0.2, 0.25) is 0 Å². The first-order valence-electron chi connectivity index (χ1n) is 7.09. The van der Waals surface area contributed by atoms with E-state index in [4.69, 9.17) is 4.74 Å². The van der Waals surface area contributed by atoms with Crippen molar-refractivity contribution in [2.75, 3.05) is 18.1 Å². The molecule has 2 fully saturated rings. The highest BCUT2D eigenvalue weighted by Gasteiger charge is 2.36. The fourth-order valence-electron chi connectivity index (χ4n) is 3.17. The molecule has 0 aromatic rings. The van der Waals surface area contributed by atoms with Crippen LogP contribution in [0.4, 0.5) is 0 Å². The first-order chi connectivity index (χ1) is 8.49. The highest BCUT2D eigenvalue weighted by Crippen LogP contribution is 2.32. The zero-order chi connectivity index (χ0) is 13.2. The largest absolute Gasteiger partial charge is 0.375 e. The molecule has 4 nitrogen and oxygen atoms in total. The van der Waals surface area contributed by atoms with E-state index in [0.717, 1.165) is 38.7 Å². The minimum Gasteiger partial charge on any atom is -0.375 e. The number of nitrogens with one attached hydrogen (secondary N) is 1. The standard InChI is InChI=1S/C13H25NO3S/c1-3-13(4-2)9-11(5-7-17-13)14-12-6-8-18(15,16)10-12/h11-12,14H,3-10H2,1-2H3. The van der Waals surface area contributed by atoms with Crippen molar-refractivity contribution in [1.82, 2.24) is 5.32 Å². The van der Waals surface area contributed by atoms with Gasteiger partial charge in [0.15, 0.2) is 9.84 Å². The summed E-state index contributed by atoms with van der Waals surface area (Å²) >= 11 is 0. The van der Waals surface area contributed by atoms with Gasteiger partial charge in [-0.3, -0.25) is 0 Å². The molecule has 18 heavy (non-hydrogen) atoms. The summed E-state index contributed by atoms with van der Waals surface area (Å²) in [6.45, 7) is 5.14. The molecule has 2 heterocycles. The monoisotopic (exact) mass is 275 g/mol. The van der Waals surface area contributed by atoms with Crippen molar-refractivity contribution in [3.8, 4) is 0 Å². The molecule has 5 heteroatoms. The quantitative estimate of drug-likeness (QED) is 0.845. The van der Waals surface area contributed by atoms with E-state index in [1.165, 1.54) is 0 Å². The zero-order valence-corrected chi connectivity index (χ0v) is 12.3. The molecule has 0 saturated carbocycles. The zero-order valence-electron chi connectivity index (χ0n) is 11.4. The van der Waals surface area contributed by atoms with Crippen LogP contribution >= 0.6 is 0 Å². The third-order valence-electron chi connectivity index (χ3n) is 4.49. The average molecular weight is 275 g/mol. The molecular formula is C13H25NO3S. The van der Waals surface area contributed by atoms with E-state index in [1.807, 2.05) is 0 Å². The Kier molecular flexibility index (Phi) is 4.34. The Bertz CT molecular complexity index is 376. The topological polar surface area (TPSA) is 55.4 Å². The van der Waals surface area contributed by atoms with Gasteiger partial charge in [0.05, 0.1) is 17.1 Å². The van der Waals surface area contributed by atoms with E-state index >= 15 is 0 Å². The Morgan fingerprint density at radius 2 is 1.94 bits per heavy atom. The van der Waals surface area contributed by atoms with Crippen LogP contribution in [-0.2, 0) is 14.6 Å². The number of sulfone groups is 1. The Morgan fingerprint density at radius 3 is 2.50 bits per heavy atom. The molecule has 0 amide bonds. The lowest BCUT2D eigenvalue weighted by atomic mass is 9.85. The molecule has 2 atom stereocenters. The van der Waals surface area contributed by atoms with Crippen LogP contribution in [0, 0.1) is 0 Å². The van der Waals surface area contributed by atoms with E-state index in [0.29, 0.717) is 17.5 Å². The van der Waals surface area contributed by atoms with Crippen molar-refractivity contribution in [2.24, 2.45) is 0 Å². The number of rotatable bonds is 4. The number of hydrogen-bond donors (Lipinski definition) is 1. The number of hydrogen-bond acceptors (Lipinski definition) is 4. The normalized spacial score (nSPS) is 34.6. The van der Waals surface area contributed by atoms with Crippen molar-refractivity contribution in [3.05, 3.63) is 0 Å². The van der Waals surface area contributed by atoms with Gasteiger partial charge in [-0.25, -0.2) is 8.42 Å². The second-order valence-electron chi connectivity index (χ2n) is 5.69. The number of ether oxygens (including phenoxy) is 1. The Morgan fingerprint density at radius 1 is 1.22 bits per heavy atom. The molecule has 0 aromatic heterocycles. The summed E-state index contributed by atoms with van der Waals surface area (Å²) in [5, 5.41) is 3.54. The van der Waals surface area contributed by atoms with Crippen LogP contribution in [0.25, 0.3) is 0 Å². The van der Waals surface area contributed by atoms with Gasteiger partial charge in [0, 0.05) is 18.7 Å². The lowest BCUT2D eigenvalue weighted by Gasteiger charge is -2.41. The van der Waals surface area contributed by atoms with Gasteiger partial charge >= 0.3 is 0 Å². The van der Waals surface area contributed by atoms with Gasteiger partial charge in [-0.15, -0.1) is 0 Å². The summed E-state index contributed by atoms with van der Waals surface area (Å²) < 4.78 is 28.9. The maximum atomic E-state index is 11.5. The molecule has 1 N–H and O–H groups in total. The van der Waals surface area contributed by atoms with Gasteiger partial charge < -0.3 is 10.1 Å². The fraction of sp³-hybridized carbons (Fsp3) is 1.00. The highest BCUT2D eigenvalue weighted by molar-refractivity contribution is 7.91. The molecule has 0 aromatic carbocycles. The van der Waals surface area contributed by atoms with Gasteiger partial charge in [0.25, 0.3) is 0 Å². The van der Waals surface area contributed by atoms with Gasteiger partial charge in [0.2, 0.25) is 0 Å². The lowest BCUT2D eigenvalue weighted by molar-refractivity contribution is -0.0938. The van der Waals surface area contributed by atoms with Crippen molar-refractivity contribution >= 4 is 9.84 Å². The van der Waals surface area contributed by atoms with Gasteiger partial charge in [-0.2, -0.15) is 0 Å². The Balaban J connectivity index is 1.90. The van der Waals surface area contributed by atoms with Crippen molar-refractivity contribution in [1.29, 1.82) is 0 Å². The summed E-state index contributed by atoms with van der Waals surface area (Å²) in [5.74, 6) is 0.663. The first kappa shape index (κ1) is 14.3. The summed E-state index contributed by atoms with van der Waals surface area (Å²) in [5.41, 5.74) is 0.00734. The van der Waals surface area contributed by atoms with E-state index in [9.17, 15) is 8.42 Å². The molecular weight excluding hydrogens is 250 g/mol. The van der Waals surface area contributed by atoms with Crippen LogP contribution in [-0.4, -0.2) is 44.2 Å². The molecule has 2 saturated heterocycles. The molecule has 0 radical (unpaired) electrons. The second kappa shape index (κ2) is 5.47.